The summed E-state index contributed by atoms with van der Waals surface area (Å²) in [4.78, 5) is 16.8. The molecule has 0 aliphatic carbocycles. The van der Waals surface area contributed by atoms with Crippen molar-refractivity contribution in [1.82, 2.24) is 10.3 Å². The van der Waals surface area contributed by atoms with Crippen LogP contribution in [0.3, 0.4) is 0 Å². The van der Waals surface area contributed by atoms with Crippen LogP contribution in [0.15, 0.2) is 18.2 Å². The Bertz CT molecular complexity index is 680. The van der Waals surface area contributed by atoms with Gasteiger partial charge in [-0.15, -0.1) is 11.3 Å². The molecule has 0 fully saturated rings. The fourth-order valence-corrected chi connectivity index (χ4v) is 3.69. The number of aryl methyl sites for hydroxylation is 1. The molecule has 1 heterocycles. The first-order valence-corrected chi connectivity index (χ1v) is 9.65. The minimum absolute atomic E-state index is 0.0615. The molecular weight excluding hydrogens is 318 g/mol. The third-order valence-electron chi connectivity index (χ3n) is 4.62. The van der Waals surface area contributed by atoms with Gasteiger partial charge in [0, 0.05) is 25.4 Å². The van der Waals surface area contributed by atoms with Gasteiger partial charge in [0.15, 0.2) is 0 Å². The summed E-state index contributed by atoms with van der Waals surface area (Å²) in [5.74, 6) is 0.975. The maximum absolute atomic E-state index is 12.2. The number of rotatable bonds is 8. The Morgan fingerprint density at radius 3 is 2.71 bits per heavy atom. The fraction of sp³-hybridized carbons (Fsp3) is 0.579. The fourth-order valence-electron chi connectivity index (χ4n) is 2.67. The van der Waals surface area contributed by atoms with Crippen LogP contribution in [0.4, 0.5) is 0 Å². The standard InChI is InChI=1S/C19H29N3OS/c1-5-13(4)16(11-20)21-18(23)8-9-19-22-15-7-6-14(12(2)3)10-17(15)24-19/h6-7,10,12-13,16H,5,8-9,11,20H2,1-4H3,(H,21,23)/t13-,16?/m0/s1. The number of aromatic nitrogens is 1. The third kappa shape index (κ3) is 4.77. The van der Waals surface area contributed by atoms with Gasteiger partial charge in [0.2, 0.25) is 5.91 Å². The summed E-state index contributed by atoms with van der Waals surface area (Å²) in [6.07, 6.45) is 2.15. The van der Waals surface area contributed by atoms with E-state index >= 15 is 0 Å². The number of benzene rings is 1. The van der Waals surface area contributed by atoms with E-state index in [2.05, 4.69) is 56.2 Å². The third-order valence-corrected chi connectivity index (χ3v) is 5.70. The minimum Gasteiger partial charge on any atom is -0.352 e. The number of carbonyl (C=O) groups excluding carboxylic acids is 1. The second-order valence-electron chi connectivity index (χ2n) is 6.78. The Hall–Kier alpha value is -1.46. The molecule has 24 heavy (non-hydrogen) atoms. The average Bonchev–Trinajstić information content (AvgIpc) is 2.99. The van der Waals surface area contributed by atoms with E-state index in [1.165, 1.54) is 10.3 Å². The van der Waals surface area contributed by atoms with E-state index in [4.69, 9.17) is 5.73 Å². The highest BCUT2D eigenvalue weighted by Gasteiger charge is 2.17. The molecule has 0 aliphatic rings. The predicted molar refractivity (Wildman–Crippen MR) is 102 cm³/mol. The van der Waals surface area contributed by atoms with Crippen LogP contribution in [0.2, 0.25) is 0 Å². The summed E-state index contributed by atoms with van der Waals surface area (Å²) < 4.78 is 1.20. The highest BCUT2D eigenvalue weighted by atomic mass is 32.1. The number of hydrogen-bond donors (Lipinski definition) is 2. The van der Waals surface area contributed by atoms with Crippen LogP contribution in [0.1, 0.15) is 57.0 Å². The van der Waals surface area contributed by atoms with Crippen LogP contribution in [-0.2, 0) is 11.2 Å². The molecule has 0 saturated heterocycles. The van der Waals surface area contributed by atoms with Gasteiger partial charge in [-0.3, -0.25) is 4.79 Å². The van der Waals surface area contributed by atoms with Crippen molar-refractivity contribution in [3.05, 3.63) is 28.8 Å². The van der Waals surface area contributed by atoms with E-state index < -0.39 is 0 Å². The lowest BCUT2D eigenvalue weighted by Gasteiger charge is -2.22. The molecule has 3 N–H and O–H groups in total. The van der Waals surface area contributed by atoms with Gasteiger partial charge in [0.05, 0.1) is 15.2 Å². The van der Waals surface area contributed by atoms with Crippen LogP contribution in [0.5, 0.6) is 0 Å². The average molecular weight is 348 g/mol. The molecule has 132 valence electrons. The Labute approximate surface area is 148 Å². The van der Waals surface area contributed by atoms with E-state index in [1.54, 1.807) is 11.3 Å². The van der Waals surface area contributed by atoms with Crippen LogP contribution in [0.25, 0.3) is 10.2 Å². The molecule has 0 spiro atoms. The number of amides is 1. The molecule has 2 rings (SSSR count). The minimum atomic E-state index is 0.0615. The van der Waals surface area contributed by atoms with Crippen molar-refractivity contribution in [1.29, 1.82) is 0 Å². The zero-order valence-corrected chi connectivity index (χ0v) is 16.0. The van der Waals surface area contributed by atoms with Crippen molar-refractivity contribution in [2.24, 2.45) is 11.7 Å². The Morgan fingerprint density at radius 2 is 2.08 bits per heavy atom. The monoisotopic (exact) mass is 347 g/mol. The number of carbonyl (C=O) groups is 1. The number of fused-ring (bicyclic) bond motifs is 1. The van der Waals surface area contributed by atoms with Gasteiger partial charge < -0.3 is 11.1 Å². The molecule has 1 aromatic carbocycles. The Kier molecular flexibility index (Phi) is 6.75. The molecule has 1 amide bonds. The maximum Gasteiger partial charge on any atom is 0.220 e. The molecule has 0 saturated carbocycles. The van der Waals surface area contributed by atoms with Gasteiger partial charge in [-0.1, -0.05) is 40.2 Å². The van der Waals surface area contributed by atoms with E-state index in [-0.39, 0.29) is 11.9 Å². The molecule has 4 nitrogen and oxygen atoms in total. The van der Waals surface area contributed by atoms with Crippen molar-refractivity contribution in [2.75, 3.05) is 6.54 Å². The molecule has 0 radical (unpaired) electrons. The first kappa shape index (κ1) is 18.9. The van der Waals surface area contributed by atoms with E-state index in [0.717, 1.165) is 16.9 Å². The van der Waals surface area contributed by atoms with E-state index in [9.17, 15) is 4.79 Å². The van der Waals surface area contributed by atoms with Crippen LogP contribution in [-0.4, -0.2) is 23.5 Å². The van der Waals surface area contributed by atoms with Gasteiger partial charge in [-0.05, 0) is 29.5 Å². The smallest absolute Gasteiger partial charge is 0.220 e. The molecule has 2 atom stereocenters. The maximum atomic E-state index is 12.2. The van der Waals surface area contributed by atoms with Crippen molar-refractivity contribution in [3.63, 3.8) is 0 Å². The normalized spacial score (nSPS) is 14.1. The van der Waals surface area contributed by atoms with Crippen LogP contribution >= 0.6 is 11.3 Å². The number of thiazole rings is 1. The molecule has 0 aliphatic heterocycles. The summed E-state index contributed by atoms with van der Waals surface area (Å²) in [6.45, 7) is 9.11. The lowest BCUT2D eigenvalue weighted by Crippen LogP contribution is -2.44. The molecule has 1 unspecified atom stereocenters. The molecule has 5 heteroatoms. The number of nitrogens with one attached hydrogen (secondary N) is 1. The van der Waals surface area contributed by atoms with Crippen molar-refractivity contribution >= 4 is 27.5 Å². The first-order valence-electron chi connectivity index (χ1n) is 8.83. The number of nitrogens with zero attached hydrogens (tertiary/aromatic N) is 1. The first-order chi connectivity index (χ1) is 11.4. The molecule has 0 bridgehead atoms. The quantitative estimate of drug-likeness (QED) is 0.762. The van der Waals surface area contributed by atoms with Gasteiger partial charge in [0.1, 0.15) is 0 Å². The topological polar surface area (TPSA) is 68.0 Å². The highest BCUT2D eigenvalue weighted by molar-refractivity contribution is 7.18. The van der Waals surface area contributed by atoms with E-state index in [1.807, 2.05) is 0 Å². The summed E-state index contributed by atoms with van der Waals surface area (Å²) in [6, 6.07) is 6.50. The molecular formula is C19H29N3OS. The van der Waals surface area contributed by atoms with Gasteiger partial charge in [-0.2, -0.15) is 0 Å². The van der Waals surface area contributed by atoms with Crippen LogP contribution in [0, 0.1) is 5.92 Å². The van der Waals surface area contributed by atoms with Crippen LogP contribution < -0.4 is 11.1 Å². The summed E-state index contributed by atoms with van der Waals surface area (Å²) in [5.41, 5.74) is 8.12. The zero-order chi connectivity index (χ0) is 17.7. The Morgan fingerprint density at radius 1 is 1.33 bits per heavy atom. The lowest BCUT2D eigenvalue weighted by atomic mass is 9.99. The molecule has 2 aromatic rings. The number of hydrogen-bond acceptors (Lipinski definition) is 4. The summed E-state index contributed by atoms with van der Waals surface area (Å²) >= 11 is 1.69. The van der Waals surface area contributed by atoms with Gasteiger partial charge >= 0.3 is 0 Å². The molecule has 1 aromatic heterocycles. The van der Waals surface area contributed by atoms with Crippen molar-refractivity contribution in [2.45, 2.75) is 58.9 Å². The second kappa shape index (κ2) is 8.58. The summed E-state index contributed by atoms with van der Waals surface area (Å²) in [5, 5.41) is 4.08. The SMILES string of the molecule is CC[C@H](C)C(CN)NC(=O)CCc1nc2ccc(C(C)C)cc2s1. The lowest BCUT2D eigenvalue weighted by molar-refractivity contribution is -0.122. The van der Waals surface area contributed by atoms with Crippen molar-refractivity contribution < 1.29 is 4.79 Å². The second-order valence-corrected chi connectivity index (χ2v) is 7.90. The highest BCUT2D eigenvalue weighted by Crippen LogP contribution is 2.26. The number of nitrogens with two attached hydrogens (primary N) is 1. The predicted octanol–water partition coefficient (Wildman–Crippen LogP) is 3.84. The summed E-state index contributed by atoms with van der Waals surface area (Å²) in [7, 11) is 0. The zero-order valence-electron chi connectivity index (χ0n) is 15.1. The largest absolute Gasteiger partial charge is 0.352 e. The van der Waals surface area contributed by atoms with Gasteiger partial charge in [-0.25, -0.2) is 4.98 Å². The van der Waals surface area contributed by atoms with Crippen molar-refractivity contribution in [3.8, 4) is 0 Å². The Balaban J connectivity index is 1.96. The van der Waals surface area contributed by atoms with Gasteiger partial charge in [0.25, 0.3) is 0 Å². The van der Waals surface area contributed by atoms with E-state index in [0.29, 0.717) is 31.2 Å².